The number of pyridine rings is 1. The van der Waals surface area contributed by atoms with Crippen molar-refractivity contribution in [3.8, 4) is 0 Å². The Morgan fingerprint density at radius 3 is 2.62 bits per heavy atom. The molecule has 0 bridgehead atoms. The molecule has 0 fully saturated rings. The highest BCUT2D eigenvalue weighted by Gasteiger charge is 2.12. The minimum absolute atomic E-state index is 0.422. The molecule has 0 aliphatic heterocycles. The SMILES string of the molecule is Cc1cc(NN)c2cc(Br)c(Cl)c(Cl)c2n1. The maximum atomic E-state index is 6.14. The summed E-state index contributed by atoms with van der Waals surface area (Å²) in [5, 5.41) is 1.70. The number of anilines is 1. The maximum absolute atomic E-state index is 6.14. The van der Waals surface area contributed by atoms with Gasteiger partial charge in [0.1, 0.15) is 0 Å². The lowest BCUT2D eigenvalue weighted by atomic mass is 10.1. The van der Waals surface area contributed by atoms with Gasteiger partial charge in [-0.3, -0.25) is 10.8 Å². The average molecular weight is 321 g/mol. The van der Waals surface area contributed by atoms with E-state index in [1.165, 1.54) is 0 Å². The fourth-order valence-corrected chi connectivity index (χ4v) is 2.45. The molecule has 3 nitrogen and oxygen atoms in total. The minimum atomic E-state index is 0.422. The molecule has 0 amide bonds. The summed E-state index contributed by atoms with van der Waals surface area (Å²) in [5.74, 6) is 5.45. The first-order valence-corrected chi connectivity index (χ1v) is 6.01. The molecule has 0 aliphatic carbocycles. The van der Waals surface area contributed by atoms with E-state index in [9.17, 15) is 0 Å². The Morgan fingerprint density at radius 2 is 2.00 bits per heavy atom. The third-order valence-corrected chi connectivity index (χ3v) is 3.93. The third-order valence-electron chi connectivity index (χ3n) is 2.22. The molecule has 6 heteroatoms. The van der Waals surface area contributed by atoms with E-state index in [-0.39, 0.29) is 0 Å². The molecular weight excluding hydrogens is 313 g/mol. The van der Waals surface area contributed by atoms with Gasteiger partial charge in [0, 0.05) is 15.6 Å². The zero-order chi connectivity index (χ0) is 11.9. The number of rotatable bonds is 1. The van der Waals surface area contributed by atoms with Crippen LogP contribution in [0, 0.1) is 6.92 Å². The van der Waals surface area contributed by atoms with Gasteiger partial charge in [-0.25, -0.2) is 0 Å². The number of fused-ring (bicyclic) bond motifs is 1. The van der Waals surface area contributed by atoms with Crippen LogP contribution < -0.4 is 11.3 Å². The number of hydrazine groups is 1. The normalized spacial score (nSPS) is 10.8. The second-order valence-corrected chi connectivity index (χ2v) is 4.95. The van der Waals surface area contributed by atoms with Crippen molar-refractivity contribution in [2.75, 3.05) is 5.43 Å². The highest BCUT2D eigenvalue weighted by molar-refractivity contribution is 9.10. The Kier molecular flexibility index (Phi) is 3.26. The van der Waals surface area contributed by atoms with Gasteiger partial charge in [-0.15, -0.1) is 0 Å². The summed E-state index contributed by atoms with van der Waals surface area (Å²) < 4.78 is 0.716. The Balaban J connectivity index is 2.94. The van der Waals surface area contributed by atoms with E-state index >= 15 is 0 Å². The lowest BCUT2D eigenvalue weighted by molar-refractivity contribution is 1.24. The number of nitrogens with zero attached hydrogens (tertiary/aromatic N) is 1. The summed E-state index contributed by atoms with van der Waals surface area (Å²) in [6, 6.07) is 3.68. The predicted molar refractivity (Wildman–Crippen MR) is 72.0 cm³/mol. The molecule has 2 rings (SSSR count). The second kappa shape index (κ2) is 4.37. The van der Waals surface area contributed by atoms with Crippen LogP contribution in [0.15, 0.2) is 16.6 Å². The largest absolute Gasteiger partial charge is 0.323 e. The monoisotopic (exact) mass is 319 g/mol. The van der Waals surface area contributed by atoms with Gasteiger partial charge in [-0.05, 0) is 35.0 Å². The molecule has 1 heterocycles. The van der Waals surface area contributed by atoms with E-state index in [4.69, 9.17) is 29.0 Å². The molecule has 2 aromatic rings. The Labute approximate surface area is 111 Å². The zero-order valence-electron chi connectivity index (χ0n) is 8.31. The highest BCUT2D eigenvalue weighted by Crippen LogP contribution is 2.38. The second-order valence-electron chi connectivity index (χ2n) is 3.34. The van der Waals surface area contributed by atoms with Gasteiger partial charge in [-0.2, -0.15) is 0 Å². The lowest BCUT2D eigenvalue weighted by Gasteiger charge is -2.10. The lowest BCUT2D eigenvalue weighted by Crippen LogP contribution is -2.08. The molecule has 0 saturated heterocycles. The van der Waals surface area contributed by atoms with Crippen LogP contribution in [0.25, 0.3) is 10.9 Å². The number of hydrogen-bond acceptors (Lipinski definition) is 3. The number of halogens is 3. The van der Waals surface area contributed by atoms with Crippen LogP contribution in [-0.2, 0) is 0 Å². The fourth-order valence-electron chi connectivity index (χ4n) is 1.51. The molecule has 0 spiro atoms. The number of hydrogen-bond donors (Lipinski definition) is 2. The number of nitrogens with two attached hydrogens (primary N) is 1. The number of nitrogen functional groups attached to an aromatic ring is 1. The van der Waals surface area contributed by atoms with Crippen molar-refractivity contribution in [3.63, 3.8) is 0 Å². The molecule has 0 radical (unpaired) electrons. The van der Waals surface area contributed by atoms with E-state index in [1.807, 2.05) is 19.1 Å². The van der Waals surface area contributed by atoms with Gasteiger partial charge in [0.25, 0.3) is 0 Å². The molecule has 84 valence electrons. The number of aromatic nitrogens is 1. The van der Waals surface area contributed by atoms with E-state index < -0.39 is 0 Å². The van der Waals surface area contributed by atoms with Crippen LogP contribution >= 0.6 is 39.1 Å². The van der Waals surface area contributed by atoms with Crippen LogP contribution in [0.3, 0.4) is 0 Å². The molecular formula is C10H8BrCl2N3. The average Bonchev–Trinajstić information content (AvgIpc) is 2.26. The predicted octanol–water partition coefficient (Wildman–Crippen LogP) is 3.90. The highest BCUT2D eigenvalue weighted by atomic mass is 79.9. The summed E-state index contributed by atoms with van der Waals surface area (Å²) in [4.78, 5) is 4.35. The third kappa shape index (κ3) is 1.86. The van der Waals surface area contributed by atoms with Crippen LogP contribution in [0.5, 0.6) is 0 Å². The van der Waals surface area contributed by atoms with E-state index in [2.05, 4.69) is 26.3 Å². The van der Waals surface area contributed by atoms with Crippen molar-refractivity contribution in [2.45, 2.75) is 6.92 Å². The zero-order valence-corrected chi connectivity index (χ0v) is 11.4. The summed E-state index contributed by atoms with van der Waals surface area (Å²) in [6.07, 6.45) is 0. The van der Waals surface area contributed by atoms with E-state index in [1.54, 1.807) is 0 Å². The molecule has 16 heavy (non-hydrogen) atoms. The standard InChI is InChI=1S/C10H8BrCl2N3/c1-4-2-7(16-14)5-3-6(11)8(12)9(13)10(5)15-4/h2-3H,14H2,1H3,(H,15,16). The van der Waals surface area contributed by atoms with Crippen molar-refractivity contribution in [3.05, 3.63) is 32.3 Å². The first kappa shape index (κ1) is 11.9. The number of nitrogens with one attached hydrogen (secondary N) is 1. The quantitative estimate of drug-likeness (QED) is 0.476. The number of benzene rings is 1. The topological polar surface area (TPSA) is 50.9 Å². The fraction of sp³-hybridized carbons (Fsp3) is 0.100. The summed E-state index contributed by atoms with van der Waals surface area (Å²) in [5.41, 5.74) is 4.85. The summed E-state index contributed by atoms with van der Waals surface area (Å²) >= 11 is 15.5. The van der Waals surface area contributed by atoms with Crippen molar-refractivity contribution < 1.29 is 0 Å². The Bertz CT molecular complexity index is 572. The molecule has 3 N–H and O–H groups in total. The molecule has 0 atom stereocenters. The minimum Gasteiger partial charge on any atom is -0.323 e. The van der Waals surface area contributed by atoms with E-state index in [0.29, 0.717) is 20.0 Å². The summed E-state index contributed by atoms with van der Waals surface area (Å²) in [6.45, 7) is 1.87. The van der Waals surface area contributed by atoms with Gasteiger partial charge >= 0.3 is 0 Å². The van der Waals surface area contributed by atoms with Crippen molar-refractivity contribution in [1.29, 1.82) is 0 Å². The van der Waals surface area contributed by atoms with Crippen molar-refractivity contribution >= 4 is 55.7 Å². The Morgan fingerprint density at radius 1 is 1.31 bits per heavy atom. The molecule has 0 saturated carbocycles. The number of aryl methyl sites for hydroxylation is 1. The smallest absolute Gasteiger partial charge is 0.0928 e. The molecule has 0 unspecified atom stereocenters. The van der Waals surface area contributed by atoms with Crippen molar-refractivity contribution in [1.82, 2.24) is 4.98 Å². The van der Waals surface area contributed by atoms with Gasteiger partial charge in [0.15, 0.2) is 0 Å². The molecule has 0 aliphatic rings. The molecule has 1 aromatic carbocycles. The van der Waals surface area contributed by atoms with Crippen LogP contribution in [0.2, 0.25) is 10.0 Å². The Hall–Kier alpha value is -0.550. The van der Waals surface area contributed by atoms with Gasteiger partial charge in [0.2, 0.25) is 0 Å². The summed E-state index contributed by atoms with van der Waals surface area (Å²) in [7, 11) is 0. The first-order valence-electron chi connectivity index (χ1n) is 4.46. The van der Waals surface area contributed by atoms with Crippen LogP contribution in [-0.4, -0.2) is 4.98 Å². The maximum Gasteiger partial charge on any atom is 0.0928 e. The van der Waals surface area contributed by atoms with Crippen LogP contribution in [0.4, 0.5) is 5.69 Å². The van der Waals surface area contributed by atoms with Crippen molar-refractivity contribution in [2.24, 2.45) is 5.84 Å². The van der Waals surface area contributed by atoms with Crippen LogP contribution in [0.1, 0.15) is 5.69 Å². The van der Waals surface area contributed by atoms with Gasteiger partial charge in [0.05, 0.1) is 21.2 Å². The first-order chi connectivity index (χ1) is 7.54. The van der Waals surface area contributed by atoms with Gasteiger partial charge in [-0.1, -0.05) is 23.2 Å². The van der Waals surface area contributed by atoms with Gasteiger partial charge < -0.3 is 5.43 Å². The molecule has 1 aromatic heterocycles. The van der Waals surface area contributed by atoms with E-state index in [0.717, 1.165) is 16.8 Å².